The number of methoxy groups -OCH3 is 1. The number of nitrogens with one attached hydrogen (secondary N) is 2. The van der Waals surface area contributed by atoms with Gasteiger partial charge in [0.25, 0.3) is 5.91 Å². The molecule has 0 bridgehead atoms. The van der Waals surface area contributed by atoms with E-state index in [0.29, 0.717) is 5.75 Å². The summed E-state index contributed by atoms with van der Waals surface area (Å²) in [5.41, 5.74) is 4.02. The fraction of sp³-hybridized carbons (Fsp3) is 0.333. The van der Waals surface area contributed by atoms with Crippen LogP contribution in [0, 0.1) is 0 Å². The minimum atomic E-state index is -0.197. The second-order valence-corrected chi connectivity index (χ2v) is 3.65. The lowest BCUT2D eigenvalue weighted by atomic mass is 10.3. The number of para-hydroxylation sites is 2. The Morgan fingerprint density at radius 3 is 2.71 bits per heavy atom. The fourth-order valence-electron chi connectivity index (χ4n) is 1.18. The molecule has 5 nitrogen and oxygen atoms in total. The van der Waals surface area contributed by atoms with Gasteiger partial charge in [0.1, 0.15) is 5.75 Å². The average molecular weight is 235 g/mol. The fourth-order valence-corrected chi connectivity index (χ4v) is 1.18. The predicted octanol–water partition coefficient (Wildman–Crippen LogP) is 1.62. The summed E-state index contributed by atoms with van der Waals surface area (Å²) < 4.78 is 5.15. The van der Waals surface area contributed by atoms with Crippen molar-refractivity contribution < 1.29 is 9.53 Å². The van der Waals surface area contributed by atoms with Gasteiger partial charge in [-0.05, 0) is 26.0 Å². The highest BCUT2D eigenvalue weighted by molar-refractivity contribution is 5.84. The van der Waals surface area contributed by atoms with Gasteiger partial charge in [-0.2, -0.15) is 5.10 Å². The number of benzene rings is 1. The van der Waals surface area contributed by atoms with Crippen LogP contribution in [0.15, 0.2) is 29.4 Å². The van der Waals surface area contributed by atoms with Crippen molar-refractivity contribution in [1.82, 2.24) is 5.43 Å². The lowest BCUT2D eigenvalue weighted by Gasteiger charge is -2.09. The van der Waals surface area contributed by atoms with Gasteiger partial charge in [0.05, 0.1) is 19.3 Å². The predicted molar refractivity (Wildman–Crippen MR) is 68.4 cm³/mol. The third-order valence-corrected chi connectivity index (χ3v) is 1.95. The number of hydrogen-bond donors (Lipinski definition) is 2. The second kappa shape index (κ2) is 6.52. The summed E-state index contributed by atoms with van der Waals surface area (Å²) in [5.74, 6) is 0.507. The lowest BCUT2D eigenvalue weighted by molar-refractivity contribution is -0.119. The van der Waals surface area contributed by atoms with Crippen molar-refractivity contribution >= 4 is 17.3 Å². The average Bonchev–Trinajstić information content (AvgIpc) is 2.34. The van der Waals surface area contributed by atoms with E-state index >= 15 is 0 Å². The largest absolute Gasteiger partial charge is 0.495 e. The summed E-state index contributed by atoms with van der Waals surface area (Å²) in [6.45, 7) is 3.78. The van der Waals surface area contributed by atoms with Crippen LogP contribution in [-0.4, -0.2) is 25.3 Å². The highest BCUT2D eigenvalue weighted by Gasteiger charge is 2.03. The van der Waals surface area contributed by atoms with Crippen LogP contribution in [0.2, 0.25) is 0 Å². The van der Waals surface area contributed by atoms with E-state index in [9.17, 15) is 4.79 Å². The maximum atomic E-state index is 11.4. The zero-order valence-electron chi connectivity index (χ0n) is 10.3. The Morgan fingerprint density at radius 1 is 1.35 bits per heavy atom. The Morgan fingerprint density at radius 2 is 2.06 bits per heavy atom. The van der Waals surface area contributed by atoms with Crippen LogP contribution >= 0.6 is 0 Å². The van der Waals surface area contributed by atoms with E-state index in [2.05, 4.69) is 15.8 Å². The van der Waals surface area contributed by atoms with Crippen LogP contribution in [0.4, 0.5) is 5.69 Å². The molecule has 0 radical (unpaired) electrons. The summed E-state index contributed by atoms with van der Waals surface area (Å²) >= 11 is 0. The van der Waals surface area contributed by atoms with Crippen LogP contribution in [0.3, 0.4) is 0 Å². The van der Waals surface area contributed by atoms with E-state index in [4.69, 9.17) is 4.74 Å². The van der Waals surface area contributed by atoms with Crippen LogP contribution in [0.1, 0.15) is 13.8 Å². The molecule has 0 fully saturated rings. The molecular formula is C12H17N3O2. The number of hydrogen-bond acceptors (Lipinski definition) is 4. The number of anilines is 1. The smallest absolute Gasteiger partial charge is 0.259 e. The third kappa shape index (κ3) is 4.55. The quantitative estimate of drug-likeness (QED) is 0.602. The van der Waals surface area contributed by atoms with Crippen LogP contribution in [0.25, 0.3) is 0 Å². The summed E-state index contributed by atoms with van der Waals surface area (Å²) in [7, 11) is 1.59. The van der Waals surface area contributed by atoms with Crippen LogP contribution in [0.5, 0.6) is 5.75 Å². The molecule has 5 heteroatoms. The Hall–Kier alpha value is -2.04. The molecule has 1 rings (SSSR count). The molecule has 0 aromatic heterocycles. The van der Waals surface area contributed by atoms with E-state index < -0.39 is 0 Å². The second-order valence-electron chi connectivity index (χ2n) is 3.65. The molecule has 0 aliphatic carbocycles. The van der Waals surface area contributed by atoms with Gasteiger partial charge in [-0.25, -0.2) is 5.43 Å². The van der Waals surface area contributed by atoms with E-state index in [-0.39, 0.29) is 12.5 Å². The van der Waals surface area contributed by atoms with E-state index in [1.807, 2.05) is 38.1 Å². The van der Waals surface area contributed by atoms with Gasteiger partial charge in [0, 0.05) is 5.71 Å². The normalized spacial score (nSPS) is 9.35. The monoisotopic (exact) mass is 235 g/mol. The van der Waals surface area contributed by atoms with Crippen LogP contribution < -0.4 is 15.5 Å². The van der Waals surface area contributed by atoms with Crippen molar-refractivity contribution in [2.24, 2.45) is 5.10 Å². The van der Waals surface area contributed by atoms with Gasteiger partial charge < -0.3 is 10.1 Å². The molecule has 0 saturated heterocycles. The number of rotatable bonds is 5. The van der Waals surface area contributed by atoms with E-state index in [1.165, 1.54) is 0 Å². The SMILES string of the molecule is COc1ccccc1NCC(=O)NN=C(C)C. The number of hydrazone groups is 1. The number of ether oxygens (including phenoxy) is 1. The lowest BCUT2D eigenvalue weighted by Crippen LogP contribution is -2.26. The molecule has 0 spiro atoms. The first kappa shape index (κ1) is 13.0. The Bertz CT molecular complexity index is 412. The molecule has 17 heavy (non-hydrogen) atoms. The van der Waals surface area contributed by atoms with Gasteiger partial charge in [0.2, 0.25) is 0 Å². The maximum absolute atomic E-state index is 11.4. The Balaban J connectivity index is 2.50. The first-order chi connectivity index (χ1) is 8.13. The molecule has 0 atom stereocenters. The number of nitrogens with zero attached hydrogens (tertiary/aromatic N) is 1. The minimum absolute atomic E-state index is 0.150. The van der Waals surface area contributed by atoms with Gasteiger partial charge in [-0.3, -0.25) is 4.79 Å². The zero-order valence-corrected chi connectivity index (χ0v) is 10.3. The van der Waals surface area contributed by atoms with Gasteiger partial charge in [-0.15, -0.1) is 0 Å². The van der Waals surface area contributed by atoms with E-state index in [1.54, 1.807) is 7.11 Å². The molecule has 0 aliphatic rings. The number of carbonyl (C=O) groups excluding carboxylic acids is 1. The first-order valence-corrected chi connectivity index (χ1v) is 5.30. The van der Waals surface area contributed by atoms with Crippen molar-refractivity contribution in [3.05, 3.63) is 24.3 Å². The molecule has 0 heterocycles. The van der Waals surface area contributed by atoms with Gasteiger partial charge in [-0.1, -0.05) is 12.1 Å². The molecule has 0 aliphatic heterocycles. The number of carbonyl (C=O) groups is 1. The summed E-state index contributed by atoms with van der Waals surface area (Å²) in [6, 6.07) is 7.42. The summed E-state index contributed by atoms with van der Waals surface area (Å²) in [5, 5.41) is 6.81. The zero-order chi connectivity index (χ0) is 12.7. The Labute approximate surface area is 101 Å². The molecule has 1 aromatic carbocycles. The topological polar surface area (TPSA) is 62.7 Å². The van der Waals surface area contributed by atoms with Crippen molar-refractivity contribution in [2.75, 3.05) is 19.0 Å². The van der Waals surface area contributed by atoms with Crippen molar-refractivity contribution in [3.8, 4) is 5.75 Å². The summed E-state index contributed by atoms with van der Waals surface area (Å²) in [6.07, 6.45) is 0. The molecule has 0 saturated carbocycles. The molecule has 1 amide bonds. The number of amides is 1. The van der Waals surface area contributed by atoms with Crippen molar-refractivity contribution in [1.29, 1.82) is 0 Å². The van der Waals surface area contributed by atoms with Crippen LogP contribution in [-0.2, 0) is 4.79 Å². The molecular weight excluding hydrogens is 218 g/mol. The third-order valence-electron chi connectivity index (χ3n) is 1.95. The minimum Gasteiger partial charge on any atom is -0.495 e. The Kier molecular flexibility index (Phi) is 5.00. The highest BCUT2D eigenvalue weighted by atomic mass is 16.5. The maximum Gasteiger partial charge on any atom is 0.259 e. The standard InChI is InChI=1S/C12H17N3O2/c1-9(2)14-15-12(16)8-13-10-6-4-5-7-11(10)17-3/h4-7,13H,8H2,1-3H3,(H,15,16). The molecule has 92 valence electrons. The molecule has 1 aromatic rings. The van der Waals surface area contributed by atoms with E-state index in [0.717, 1.165) is 11.4 Å². The molecule has 2 N–H and O–H groups in total. The summed E-state index contributed by atoms with van der Waals surface area (Å²) in [4.78, 5) is 11.4. The first-order valence-electron chi connectivity index (χ1n) is 5.30. The van der Waals surface area contributed by atoms with Gasteiger partial charge in [0.15, 0.2) is 0 Å². The molecule has 0 unspecified atom stereocenters. The van der Waals surface area contributed by atoms with Crippen molar-refractivity contribution in [2.45, 2.75) is 13.8 Å². The van der Waals surface area contributed by atoms with Gasteiger partial charge >= 0.3 is 0 Å². The highest BCUT2D eigenvalue weighted by Crippen LogP contribution is 2.22. The van der Waals surface area contributed by atoms with Crippen molar-refractivity contribution in [3.63, 3.8) is 0 Å².